The van der Waals surface area contributed by atoms with Crippen molar-refractivity contribution in [1.82, 2.24) is 24.6 Å². The Kier molecular flexibility index (Phi) is 9.73. The topological polar surface area (TPSA) is 172 Å². The first-order valence-corrected chi connectivity index (χ1v) is 15.7. The second-order valence-electron chi connectivity index (χ2n) is 10.0. The molecule has 4 aromatic rings. The van der Waals surface area contributed by atoms with Gasteiger partial charge in [-0.1, -0.05) is 18.2 Å². The highest BCUT2D eigenvalue weighted by molar-refractivity contribution is 7.90. The second kappa shape index (κ2) is 13.3. The predicted octanol–water partition coefficient (Wildman–Crippen LogP) is 3.42. The minimum Gasteiger partial charge on any atom is -0.480 e. The van der Waals surface area contributed by atoms with E-state index in [9.17, 15) is 22.8 Å². The molecule has 4 N–H and O–H groups in total. The zero-order chi connectivity index (χ0) is 31.3. The molecular weight excluding hydrogens is 592 g/mol. The van der Waals surface area contributed by atoms with E-state index in [-0.39, 0.29) is 18.7 Å². The van der Waals surface area contributed by atoms with Crippen molar-refractivity contribution in [3.63, 3.8) is 0 Å². The third-order valence-corrected chi connectivity index (χ3v) is 9.57. The van der Waals surface area contributed by atoms with E-state index in [1.165, 1.54) is 17.5 Å². The molecule has 14 heteroatoms. The number of thiazole rings is 1. The molecule has 0 saturated heterocycles. The van der Waals surface area contributed by atoms with Gasteiger partial charge in [0.2, 0.25) is 15.9 Å². The number of aromatic nitrogens is 3. The van der Waals surface area contributed by atoms with E-state index < -0.39 is 33.1 Å². The molecule has 0 fully saturated rings. The Morgan fingerprint density at radius 1 is 1.05 bits per heavy atom. The number of amides is 2. The van der Waals surface area contributed by atoms with Gasteiger partial charge in [0.1, 0.15) is 0 Å². The number of nitrogens with one attached hydrogen (secondary N) is 3. The van der Waals surface area contributed by atoms with E-state index in [0.29, 0.717) is 34.3 Å². The molecule has 0 radical (unpaired) electrons. The Hall–Kier alpha value is -4.40. The van der Waals surface area contributed by atoms with Gasteiger partial charge in [0.25, 0.3) is 5.91 Å². The van der Waals surface area contributed by atoms with E-state index >= 15 is 0 Å². The predicted molar refractivity (Wildman–Crippen MR) is 164 cm³/mol. The third-order valence-electron chi connectivity index (χ3n) is 6.69. The van der Waals surface area contributed by atoms with Crippen molar-refractivity contribution in [2.75, 3.05) is 18.4 Å². The lowest BCUT2D eigenvalue weighted by molar-refractivity contribution is -0.136. The Morgan fingerprint density at radius 3 is 2.49 bits per heavy atom. The van der Waals surface area contributed by atoms with Crippen LogP contribution in [0.2, 0.25) is 0 Å². The van der Waals surface area contributed by atoms with Crippen molar-refractivity contribution in [3.8, 4) is 22.4 Å². The van der Waals surface area contributed by atoms with Crippen molar-refractivity contribution < 1.29 is 27.9 Å². The number of nitrogens with zero attached hydrogens (tertiary/aromatic N) is 3. The van der Waals surface area contributed by atoms with Gasteiger partial charge in [-0.15, -0.1) is 11.3 Å². The van der Waals surface area contributed by atoms with Crippen LogP contribution in [0.1, 0.15) is 41.2 Å². The van der Waals surface area contributed by atoms with E-state index in [0.717, 1.165) is 20.7 Å². The van der Waals surface area contributed by atoms with Crippen LogP contribution >= 0.6 is 11.3 Å². The molecule has 4 rings (SSSR count). The van der Waals surface area contributed by atoms with Gasteiger partial charge in [0.15, 0.2) is 5.13 Å². The first-order chi connectivity index (χ1) is 20.4. The first kappa shape index (κ1) is 31.5. The number of hydrogen-bond donors (Lipinski definition) is 4. The summed E-state index contributed by atoms with van der Waals surface area (Å²) >= 11 is 1.24. The number of carbonyl (C=O) groups excluding carboxylic acids is 2. The molecule has 0 saturated carbocycles. The molecule has 0 atom stereocenters. The van der Waals surface area contributed by atoms with Crippen molar-refractivity contribution in [1.29, 1.82) is 0 Å². The van der Waals surface area contributed by atoms with Crippen LogP contribution in [0.3, 0.4) is 0 Å². The number of anilines is 1. The van der Waals surface area contributed by atoms with Crippen molar-refractivity contribution in [3.05, 3.63) is 76.7 Å². The minimum atomic E-state index is -3.63. The maximum atomic E-state index is 12.8. The third kappa shape index (κ3) is 7.52. The Balaban J connectivity index is 1.38. The van der Waals surface area contributed by atoms with E-state index in [2.05, 4.69) is 25.9 Å². The SMILES string of the molecule is Cc1c(C(=O)NCC(=O)Nc2nc(-c3cccc(-c4ccnc(CNCC(=O)O)c4)c3)cs2)cn(S(=O)(=O)C(C)C)c1C. The Morgan fingerprint density at radius 2 is 1.77 bits per heavy atom. The molecule has 0 aliphatic heterocycles. The number of hydrogen-bond acceptors (Lipinski definition) is 9. The Bertz CT molecular complexity index is 1780. The highest BCUT2D eigenvalue weighted by Crippen LogP contribution is 2.29. The van der Waals surface area contributed by atoms with Crippen molar-refractivity contribution >= 4 is 44.3 Å². The first-order valence-electron chi connectivity index (χ1n) is 13.3. The van der Waals surface area contributed by atoms with Crippen LogP contribution in [0.5, 0.6) is 0 Å². The summed E-state index contributed by atoms with van der Waals surface area (Å²) in [5.74, 6) is -1.97. The van der Waals surface area contributed by atoms with Gasteiger partial charge in [-0.25, -0.2) is 17.4 Å². The molecule has 2 amide bonds. The van der Waals surface area contributed by atoms with Crippen molar-refractivity contribution in [2.45, 2.75) is 39.5 Å². The fourth-order valence-corrected chi connectivity index (χ4v) is 6.15. The summed E-state index contributed by atoms with van der Waals surface area (Å²) in [6, 6.07) is 11.4. The van der Waals surface area contributed by atoms with Crippen LogP contribution in [0, 0.1) is 13.8 Å². The monoisotopic (exact) mass is 624 g/mol. The molecule has 0 unspecified atom stereocenters. The lowest BCUT2D eigenvalue weighted by Gasteiger charge is -2.10. The Labute approximate surface area is 253 Å². The van der Waals surface area contributed by atoms with Crippen LogP contribution in [0.4, 0.5) is 5.13 Å². The average Bonchev–Trinajstić information content (AvgIpc) is 3.56. The maximum Gasteiger partial charge on any atom is 0.317 e. The summed E-state index contributed by atoms with van der Waals surface area (Å²) in [5, 5.41) is 18.4. The van der Waals surface area contributed by atoms with Gasteiger partial charge in [-0.2, -0.15) is 0 Å². The molecule has 3 aromatic heterocycles. The van der Waals surface area contributed by atoms with Gasteiger partial charge in [-0.3, -0.25) is 19.4 Å². The number of carbonyl (C=O) groups is 3. The quantitative estimate of drug-likeness (QED) is 0.184. The lowest BCUT2D eigenvalue weighted by atomic mass is 10.0. The van der Waals surface area contributed by atoms with Gasteiger partial charge < -0.3 is 21.1 Å². The molecule has 1 aromatic carbocycles. The fraction of sp³-hybridized carbons (Fsp3) is 0.276. The number of carboxylic acids is 1. The maximum absolute atomic E-state index is 12.8. The number of carboxylic acid groups (broad SMARTS) is 1. The van der Waals surface area contributed by atoms with Crippen LogP contribution in [0.15, 0.2) is 54.2 Å². The smallest absolute Gasteiger partial charge is 0.317 e. The largest absolute Gasteiger partial charge is 0.480 e. The highest BCUT2D eigenvalue weighted by atomic mass is 32.2. The normalized spacial score (nSPS) is 11.5. The van der Waals surface area contributed by atoms with Gasteiger partial charge in [0.05, 0.1) is 35.3 Å². The molecule has 0 bridgehead atoms. The van der Waals surface area contributed by atoms with Gasteiger partial charge >= 0.3 is 5.97 Å². The summed E-state index contributed by atoms with van der Waals surface area (Å²) in [5.41, 5.74) is 5.17. The second-order valence-corrected chi connectivity index (χ2v) is 13.2. The van der Waals surface area contributed by atoms with Crippen LogP contribution in [0.25, 0.3) is 22.4 Å². The number of aliphatic carboxylic acids is 1. The molecule has 12 nitrogen and oxygen atoms in total. The summed E-state index contributed by atoms with van der Waals surface area (Å²) in [4.78, 5) is 44.9. The highest BCUT2D eigenvalue weighted by Gasteiger charge is 2.25. The number of pyridine rings is 1. The zero-order valence-corrected chi connectivity index (χ0v) is 25.7. The van der Waals surface area contributed by atoms with Crippen molar-refractivity contribution in [2.24, 2.45) is 0 Å². The zero-order valence-electron chi connectivity index (χ0n) is 24.0. The molecule has 0 aliphatic carbocycles. The standard InChI is InChI=1S/C29H32N6O6S2/c1-17(2)43(40,41)35-15-24(18(3)19(35)4)28(39)32-13-26(36)34-29-33-25(16-42-29)22-7-5-6-20(10-22)21-8-9-31-23(11-21)12-30-14-27(37)38/h5-11,15-17,30H,12-14H2,1-4H3,(H,32,39)(H,37,38)(H,33,34,36). The molecule has 0 spiro atoms. The summed E-state index contributed by atoms with van der Waals surface area (Å²) in [6.45, 7) is 6.27. The van der Waals surface area contributed by atoms with Gasteiger partial charge in [0, 0.05) is 35.6 Å². The summed E-state index contributed by atoms with van der Waals surface area (Å²) < 4.78 is 26.3. The van der Waals surface area contributed by atoms with Gasteiger partial charge in [-0.05, 0) is 62.6 Å². The van der Waals surface area contributed by atoms with Crippen LogP contribution in [-0.2, 0) is 26.2 Å². The minimum absolute atomic E-state index is 0.158. The van der Waals surface area contributed by atoms with E-state index in [4.69, 9.17) is 5.11 Å². The number of benzene rings is 1. The van der Waals surface area contributed by atoms with Crippen LogP contribution in [-0.4, -0.2) is 63.6 Å². The summed E-state index contributed by atoms with van der Waals surface area (Å²) in [6.07, 6.45) is 2.96. The summed E-state index contributed by atoms with van der Waals surface area (Å²) in [7, 11) is -3.63. The molecule has 3 heterocycles. The average molecular weight is 625 g/mol. The molecule has 0 aliphatic rings. The van der Waals surface area contributed by atoms with E-state index in [1.807, 2.05) is 41.8 Å². The number of rotatable bonds is 12. The van der Waals surface area contributed by atoms with Crippen LogP contribution < -0.4 is 16.0 Å². The molecule has 43 heavy (non-hydrogen) atoms. The molecular formula is C29H32N6O6S2. The van der Waals surface area contributed by atoms with E-state index in [1.54, 1.807) is 33.9 Å². The lowest BCUT2D eigenvalue weighted by Crippen LogP contribution is -2.33. The molecule has 226 valence electrons. The fourth-order valence-electron chi connectivity index (χ4n) is 4.18.